The Bertz CT molecular complexity index is 288. The molecule has 0 aromatic rings. The molecule has 0 bridgehead atoms. The van der Waals surface area contributed by atoms with Crippen molar-refractivity contribution in [2.45, 2.75) is 67.6 Å². The molecule has 0 radical (unpaired) electrons. The van der Waals surface area contributed by atoms with Crippen LogP contribution in [0.4, 0.5) is 0 Å². The first-order valence-corrected chi connectivity index (χ1v) is 10.1. The molecular formula is C15H28Br2O2Si. The van der Waals surface area contributed by atoms with Gasteiger partial charge in [0.1, 0.15) is 0 Å². The number of unbranched alkanes of at least 4 members (excludes halogenated alkanes) is 7. The molecule has 0 rings (SSSR count). The van der Waals surface area contributed by atoms with Gasteiger partial charge in [-0.15, -0.1) is 0 Å². The lowest BCUT2D eigenvalue weighted by Gasteiger charge is -2.13. The number of halogens is 2. The second-order valence-electron chi connectivity index (χ2n) is 5.56. The Morgan fingerprint density at radius 1 is 1.05 bits per heavy atom. The lowest BCUT2D eigenvalue weighted by atomic mass is 10.1. The van der Waals surface area contributed by atoms with Crippen LogP contribution in [0, 0.1) is 0 Å². The Balaban J connectivity index is 3.18. The van der Waals surface area contributed by atoms with E-state index in [2.05, 4.69) is 38.4 Å². The third kappa shape index (κ3) is 14.8. The van der Waals surface area contributed by atoms with Gasteiger partial charge in [0.2, 0.25) is 0 Å². The third-order valence-corrected chi connectivity index (χ3v) is 4.38. The minimum Gasteiger partial charge on any atom is -0.462 e. The van der Waals surface area contributed by atoms with Crippen molar-refractivity contribution in [2.75, 3.05) is 6.61 Å². The van der Waals surface area contributed by atoms with E-state index in [1.807, 2.05) is 0 Å². The molecule has 0 saturated carbocycles. The third-order valence-electron chi connectivity index (χ3n) is 3.09. The molecule has 0 N–H and O–H groups in total. The molecule has 0 amide bonds. The van der Waals surface area contributed by atoms with E-state index in [-0.39, 0.29) is 8.83 Å². The van der Waals surface area contributed by atoms with Crippen molar-refractivity contribution < 1.29 is 9.53 Å². The van der Waals surface area contributed by atoms with Gasteiger partial charge in [0, 0.05) is 15.8 Å². The number of carbonyl (C=O) groups is 1. The molecule has 0 heterocycles. The van der Waals surface area contributed by atoms with Gasteiger partial charge in [0.05, 0.1) is 9.46 Å². The molecule has 20 heavy (non-hydrogen) atoms. The van der Waals surface area contributed by atoms with Gasteiger partial charge in [-0.05, 0) is 19.8 Å². The molecule has 0 aromatic carbocycles. The van der Waals surface area contributed by atoms with Crippen LogP contribution in [0.15, 0.2) is 12.2 Å². The van der Waals surface area contributed by atoms with Crippen LogP contribution in [0.3, 0.4) is 0 Å². The Morgan fingerprint density at radius 3 is 1.95 bits per heavy atom. The number of ether oxygens (including phenoxy) is 1. The SMILES string of the molecule is C=C(C)C(=O)OCCCCCCCCCCC([SiH3])(Br)Br. The minimum atomic E-state index is -0.265. The highest BCUT2D eigenvalue weighted by Gasteiger charge is 2.13. The standard InChI is InChI=1S/C15H28Br2O2Si/c1-13(2)14(18)19-12-10-8-6-4-3-5-7-9-11-15(16,17)20/h1,3-12H2,2,20H3. The molecule has 0 unspecified atom stereocenters. The van der Waals surface area contributed by atoms with E-state index in [9.17, 15) is 4.79 Å². The van der Waals surface area contributed by atoms with Gasteiger partial charge >= 0.3 is 5.97 Å². The topological polar surface area (TPSA) is 26.3 Å². The Labute approximate surface area is 143 Å². The van der Waals surface area contributed by atoms with E-state index in [1.54, 1.807) is 6.92 Å². The molecule has 2 nitrogen and oxygen atoms in total. The Kier molecular flexibility index (Phi) is 12.2. The fourth-order valence-corrected chi connectivity index (χ4v) is 2.80. The van der Waals surface area contributed by atoms with Crippen LogP contribution < -0.4 is 0 Å². The quantitative estimate of drug-likeness (QED) is 0.151. The summed E-state index contributed by atoms with van der Waals surface area (Å²) in [7, 11) is 1.14. The van der Waals surface area contributed by atoms with Crippen molar-refractivity contribution >= 4 is 48.1 Å². The normalized spacial score (nSPS) is 11.6. The molecule has 0 aromatic heterocycles. The molecule has 0 atom stereocenters. The maximum atomic E-state index is 11.1. The van der Waals surface area contributed by atoms with Crippen LogP contribution >= 0.6 is 31.9 Å². The lowest BCUT2D eigenvalue weighted by molar-refractivity contribution is -0.139. The zero-order valence-corrected chi connectivity index (χ0v) is 18.0. The highest BCUT2D eigenvalue weighted by molar-refractivity contribution is 9.26. The van der Waals surface area contributed by atoms with Gasteiger partial charge in [0.25, 0.3) is 0 Å². The summed E-state index contributed by atoms with van der Waals surface area (Å²) in [4.78, 5) is 11.1. The molecule has 0 aliphatic carbocycles. The zero-order valence-electron chi connectivity index (χ0n) is 12.9. The summed E-state index contributed by atoms with van der Waals surface area (Å²) in [6.07, 6.45) is 11.2. The van der Waals surface area contributed by atoms with Gasteiger partial charge in [0.15, 0.2) is 0 Å². The van der Waals surface area contributed by atoms with Crippen LogP contribution in [0.5, 0.6) is 0 Å². The summed E-state index contributed by atoms with van der Waals surface area (Å²) >= 11 is 7.31. The summed E-state index contributed by atoms with van der Waals surface area (Å²) < 4.78 is 5.30. The number of rotatable bonds is 12. The van der Waals surface area contributed by atoms with E-state index in [0.29, 0.717) is 12.2 Å². The maximum absolute atomic E-state index is 11.1. The predicted octanol–water partition coefficient (Wildman–Crippen LogP) is 4.43. The minimum absolute atomic E-state index is 0.251. The molecule has 5 heteroatoms. The van der Waals surface area contributed by atoms with Gasteiger partial charge in [-0.2, -0.15) is 0 Å². The summed E-state index contributed by atoms with van der Waals surface area (Å²) in [5.74, 6) is -0.265. The Morgan fingerprint density at radius 2 is 1.50 bits per heavy atom. The summed E-state index contributed by atoms with van der Waals surface area (Å²) in [6, 6.07) is 0. The monoisotopic (exact) mass is 426 g/mol. The molecule has 0 fully saturated rings. The van der Waals surface area contributed by atoms with E-state index in [0.717, 1.165) is 23.1 Å². The first kappa shape index (κ1) is 20.4. The molecule has 0 saturated heterocycles. The fraction of sp³-hybridized carbons (Fsp3) is 0.800. The second kappa shape index (κ2) is 12.0. The van der Waals surface area contributed by atoms with Crippen LogP contribution in [0.25, 0.3) is 0 Å². The molecule has 118 valence electrons. The van der Waals surface area contributed by atoms with Crippen LogP contribution in [-0.4, -0.2) is 25.7 Å². The van der Waals surface area contributed by atoms with Gasteiger partial charge in [-0.3, -0.25) is 0 Å². The largest absolute Gasteiger partial charge is 0.462 e. The lowest BCUT2D eigenvalue weighted by Crippen LogP contribution is -2.09. The zero-order chi connectivity index (χ0) is 15.4. The number of esters is 1. The van der Waals surface area contributed by atoms with Crippen molar-refractivity contribution in [3.05, 3.63) is 12.2 Å². The fourth-order valence-electron chi connectivity index (χ4n) is 1.89. The van der Waals surface area contributed by atoms with Crippen molar-refractivity contribution in [1.82, 2.24) is 0 Å². The van der Waals surface area contributed by atoms with Crippen molar-refractivity contribution in [1.29, 1.82) is 0 Å². The average Bonchev–Trinajstić information content (AvgIpc) is 2.34. The summed E-state index contributed by atoms with van der Waals surface area (Å²) in [5.41, 5.74) is 0.482. The molecular weight excluding hydrogens is 400 g/mol. The second-order valence-corrected chi connectivity index (χ2v) is 14.8. The van der Waals surface area contributed by atoms with Crippen LogP contribution in [0.1, 0.15) is 64.7 Å². The smallest absolute Gasteiger partial charge is 0.333 e. The van der Waals surface area contributed by atoms with E-state index < -0.39 is 0 Å². The summed E-state index contributed by atoms with van der Waals surface area (Å²) in [5, 5.41) is 0. The van der Waals surface area contributed by atoms with Gasteiger partial charge in [-0.25, -0.2) is 4.79 Å². The highest BCUT2D eigenvalue weighted by Crippen LogP contribution is 2.28. The number of hydrogen-bond acceptors (Lipinski definition) is 2. The maximum Gasteiger partial charge on any atom is 0.333 e. The average molecular weight is 428 g/mol. The summed E-state index contributed by atoms with van der Waals surface area (Å²) in [6.45, 7) is 5.77. The van der Waals surface area contributed by atoms with Crippen LogP contribution in [0.2, 0.25) is 0 Å². The molecule has 0 aliphatic heterocycles. The van der Waals surface area contributed by atoms with Crippen molar-refractivity contribution in [3.8, 4) is 0 Å². The number of hydrogen-bond donors (Lipinski definition) is 0. The van der Waals surface area contributed by atoms with Gasteiger partial charge in [-0.1, -0.05) is 83.4 Å². The molecule has 0 aliphatic rings. The first-order valence-electron chi connectivity index (χ1n) is 7.53. The first-order chi connectivity index (χ1) is 9.33. The van der Waals surface area contributed by atoms with Crippen LogP contribution in [-0.2, 0) is 9.53 Å². The predicted molar refractivity (Wildman–Crippen MR) is 97.9 cm³/mol. The van der Waals surface area contributed by atoms with Crippen molar-refractivity contribution in [2.24, 2.45) is 0 Å². The van der Waals surface area contributed by atoms with Crippen molar-refractivity contribution in [3.63, 3.8) is 0 Å². The van der Waals surface area contributed by atoms with E-state index >= 15 is 0 Å². The number of carbonyl (C=O) groups excluding carboxylic acids is 1. The number of alkyl halides is 2. The highest BCUT2D eigenvalue weighted by atomic mass is 79.9. The van der Waals surface area contributed by atoms with E-state index in [1.165, 1.54) is 44.9 Å². The van der Waals surface area contributed by atoms with Gasteiger partial charge < -0.3 is 4.74 Å². The molecule has 0 spiro atoms. The Hall–Kier alpha value is 0.387. The van der Waals surface area contributed by atoms with E-state index in [4.69, 9.17) is 4.74 Å².